The Hall–Kier alpha value is -0.0800. The first-order valence-corrected chi connectivity index (χ1v) is 8.32. The van der Waals surface area contributed by atoms with Gasteiger partial charge in [0.2, 0.25) is 0 Å². The van der Waals surface area contributed by atoms with Crippen molar-refractivity contribution < 1.29 is 0 Å². The van der Waals surface area contributed by atoms with Crippen molar-refractivity contribution in [2.45, 2.75) is 73.1 Å². The minimum atomic E-state index is 0.436. The number of unbranched alkanes of at least 4 members (excludes halogenated alkanes) is 2. The first-order valence-electron chi connectivity index (χ1n) is 8.32. The zero-order valence-corrected chi connectivity index (χ0v) is 14.1. The zero-order chi connectivity index (χ0) is 14.7. The summed E-state index contributed by atoms with van der Waals surface area (Å²) in [5, 5.41) is 3.64. The Bertz CT molecular complexity index is 199. The molecule has 0 bridgehead atoms. The van der Waals surface area contributed by atoms with E-state index in [1.807, 2.05) is 0 Å². The van der Waals surface area contributed by atoms with Crippen molar-refractivity contribution in [3.63, 3.8) is 0 Å². The van der Waals surface area contributed by atoms with Gasteiger partial charge in [-0.2, -0.15) is 0 Å². The van der Waals surface area contributed by atoms with Crippen LogP contribution in [-0.2, 0) is 0 Å². The molecule has 0 spiro atoms. The van der Waals surface area contributed by atoms with Crippen LogP contribution in [0, 0.1) is 17.3 Å². The van der Waals surface area contributed by atoms with Gasteiger partial charge in [-0.25, -0.2) is 0 Å². The number of rotatable bonds is 12. The van der Waals surface area contributed by atoms with Crippen LogP contribution in [0.5, 0.6) is 0 Å². The molecular weight excluding hydrogens is 232 g/mol. The molecule has 0 saturated heterocycles. The Morgan fingerprint density at radius 3 is 2.37 bits per heavy atom. The molecule has 3 N–H and O–H groups in total. The third-order valence-corrected chi connectivity index (χ3v) is 3.93. The quantitative estimate of drug-likeness (QED) is 0.522. The Kier molecular flexibility index (Phi) is 10.6. The van der Waals surface area contributed by atoms with Gasteiger partial charge in [0.25, 0.3) is 0 Å². The summed E-state index contributed by atoms with van der Waals surface area (Å²) in [4.78, 5) is 0. The summed E-state index contributed by atoms with van der Waals surface area (Å²) >= 11 is 0. The molecule has 1 atom stereocenters. The summed E-state index contributed by atoms with van der Waals surface area (Å²) in [6.07, 6.45) is 7.87. The Labute approximate surface area is 121 Å². The van der Waals surface area contributed by atoms with E-state index < -0.39 is 0 Å². The molecule has 0 aliphatic heterocycles. The minimum Gasteiger partial charge on any atom is -0.330 e. The van der Waals surface area contributed by atoms with Crippen LogP contribution in [0.25, 0.3) is 0 Å². The first-order chi connectivity index (χ1) is 8.91. The monoisotopic (exact) mass is 270 g/mol. The molecule has 1 unspecified atom stereocenters. The molecule has 0 saturated carbocycles. The summed E-state index contributed by atoms with van der Waals surface area (Å²) in [6.45, 7) is 14.7. The fourth-order valence-corrected chi connectivity index (χ4v) is 2.67. The van der Waals surface area contributed by atoms with Gasteiger partial charge >= 0.3 is 0 Å². The van der Waals surface area contributed by atoms with Gasteiger partial charge in [-0.1, -0.05) is 53.9 Å². The second-order valence-electron chi connectivity index (χ2n) is 7.32. The molecule has 0 aromatic heterocycles. The number of hydrogen-bond donors (Lipinski definition) is 2. The summed E-state index contributed by atoms with van der Waals surface area (Å²) in [5.74, 6) is 1.45. The molecule has 0 amide bonds. The lowest BCUT2D eigenvalue weighted by Crippen LogP contribution is -2.31. The van der Waals surface area contributed by atoms with Gasteiger partial charge < -0.3 is 11.1 Å². The highest BCUT2D eigenvalue weighted by Gasteiger charge is 2.17. The average molecular weight is 271 g/mol. The van der Waals surface area contributed by atoms with Crippen LogP contribution in [0.1, 0.15) is 73.1 Å². The standard InChI is InChI=1S/C17H38N2/c1-6-7-8-10-17(4,5)14-19-11-9-16(13-18)12-15(2)3/h15-16,19H,6-14,18H2,1-5H3. The van der Waals surface area contributed by atoms with E-state index in [-0.39, 0.29) is 0 Å². The predicted octanol–water partition coefficient (Wildman–Crippen LogP) is 4.19. The van der Waals surface area contributed by atoms with Gasteiger partial charge in [0.15, 0.2) is 0 Å². The van der Waals surface area contributed by atoms with E-state index in [9.17, 15) is 0 Å². The van der Waals surface area contributed by atoms with E-state index in [2.05, 4.69) is 39.9 Å². The van der Waals surface area contributed by atoms with Crippen LogP contribution in [0.3, 0.4) is 0 Å². The second kappa shape index (κ2) is 10.7. The van der Waals surface area contributed by atoms with Crippen molar-refractivity contribution in [3.8, 4) is 0 Å². The molecular formula is C17H38N2. The fourth-order valence-electron chi connectivity index (χ4n) is 2.67. The second-order valence-corrected chi connectivity index (χ2v) is 7.32. The number of nitrogens with two attached hydrogens (primary N) is 1. The van der Waals surface area contributed by atoms with Crippen LogP contribution in [0.2, 0.25) is 0 Å². The summed E-state index contributed by atoms with van der Waals surface area (Å²) < 4.78 is 0. The van der Waals surface area contributed by atoms with Crippen molar-refractivity contribution >= 4 is 0 Å². The van der Waals surface area contributed by atoms with Crippen molar-refractivity contribution in [2.24, 2.45) is 23.0 Å². The fraction of sp³-hybridized carbons (Fsp3) is 1.00. The van der Waals surface area contributed by atoms with Crippen LogP contribution < -0.4 is 11.1 Å². The molecule has 0 aliphatic rings. The third-order valence-electron chi connectivity index (χ3n) is 3.93. The van der Waals surface area contributed by atoms with E-state index in [1.54, 1.807) is 0 Å². The van der Waals surface area contributed by atoms with Gasteiger partial charge in [0.1, 0.15) is 0 Å². The normalized spacial score (nSPS) is 14.1. The average Bonchev–Trinajstić information content (AvgIpc) is 2.32. The topological polar surface area (TPSA) is 38.0 Å². The molecule has 0 radical (unpaired) electrons. The van der Waals surface area contributed by atoms with Crippen LogP contribution in [0.15, 0.2) is 0 Å². The minimum absolute atomic E-state index is 0.436. The number of hydrogen-bond acceptors (Lipinski definition) is 2. The van der Waals surface area contributed by atoms with Gasteiger partial charge in [0, 0.05) is 6.54 Å². The van der Waals surface area contributed by atoms with Crippen molar-refractivity contribution in [2.75, 3.05) is 19.6 Å². The van der Waals surface area contributed by atoms with Gasteiger partial charge in [-0.3, -0.25) is 0 Å². The molecule has 0 heterocycles. The Morgan fingerprint density at radius 1 is 1.16 bits per heavy atom. The van der Waals surface area contributed by atoms with E-state index in [0.29, 0.717) is 11.3 Å². The molecule has 2 nitrogen and oxygen atoms in total. The highest BCUT2D eigenvalue weighted by Crippen LogP contribution is 2.22. The zero-order valence-electron chi connectivity index (χ0n) is 14.1. The van der Waals surface area contributed by atoms with Gasteiger partial charge in [-0.05, 0) is 49.6 Å². The molecule has 0 aliphatic carbocycles. The molecule has 0 aromatic carbocycles. The Balaban J connectivity index is 3.70. The highest BCUT2D eigenvalue weighted by atomic mass is 14.9. The van der Waals surface area contributed by atoms with Crippen LogP contribution >= 0.6 is 0 Å². The maximum Gasteiger partial charge on any atom is 0.000252 e. The van der Waals surface area contributed by atoms with Gasteiger partial charge in [-0.15, -0.1) is 0 Å². The molecule has 0 aromatic rings. The first kappa shape index (κ1) is 18.9. The molecule has 0 fully saturated rings. The largest absolute Gasteiger partial charge is 0.330 e. The molecule has 0 rings (SSSR count). The van der Waals surface area contributed by atoms with Crippen molar-refractivity contribution in [3.05, 3.63) is 0 Å². The van der Waals surface area contributed by atoms with E-state index in [1.165, 1.54) is 38.5 Å². The summed E-state index contributed by atoms with van der Waals surface area (Å²) in [7, 11) is 0. The summed E-state index contributed by atoms with van der Waals surface area (Å²) in [6, 6.07) is 0. The maximum absolute atomic E-state index is 5.84. The summed E-state index contributed by atoms with van der Waals surface area (Å²) in [5.41, 5.74) is 6.28. The Morgan fingerprint density at radius 2 is 1.84 bits per heavy atom. The van der Waals surface area contributed by atoms with Gasteiger partial charge in [0.05, 0.1) is 0 Å². The predicted molar refractivity (Wildman–Crippen MR) is 87.4 cm³/mol. The third kappa shape index (κ3) is 11.4. The number of nitrogens with one attached hydrogen (secondary N) is 1. The lowest BCUT2D eigenvalue weighted by molar-refractivity contribution is 0.294. The van der Waals surface area contributed by atoms with Crippen molar-refractivity contribution in [1.82, 2.24) is 5.32 Å². The highest BCUT2D eigenvalue weighted by molar-refractivity contribution is 4.72. The smallest absolute Gasteiger partial charge is 0.000252 e. The lowest BCUT2D eigenvalue weighted by Gasteiger charge is -2.26. The lowest BCUT2D eigenvalue weighted by atomic mass is 9.86. The maximum atomic E-state index is 5.84. The van der Waals surface area contributed by atoms with E-state index in [4.69, 9.17) is 5.73 Å². The van der Waals surface area contributed by atoms with Crippen LogP contribution in [0.4, 0.5) is 0 Å². The molecule has 19 heavy (non-hydrogen) atoms. The molecule has 116 valence electrons. The van der Waals surface area contributed by atoms with Crippen molar-refractivity contribution in [1.29, 1.82) is 0 Å². The SMILES string of the molecule is CCCCCC(C)(C)CNCCC(CN)CC(C)C. The van der Waals surface area contributed by atoms with Crippen LogP contribution in [-0.4, -0.2) is 19.6 Å². The van der Waals surface area contributed by atoms with E-state index >= 15 is 0 Å². The molecule has 2 heteroatoms. The van der Waals surface area contributed by atoms with E-state index in [0.717, 1.165) is 25.6 Å².